The highest BCUT2D eigenvalue weighted by Gasteiger charge is 2.56. The lowest BCUT2D eigenvalue weighted by molar-refractivity contribution is -0.152. The predicted molar refractivity (Wildman–Crippen MR) is 83.7 cm³/mol. The summed E-state index contributed by atoms with van der Waals surface area (Å²) in [6, 6.07) is 5.06. The maximum absolute atomic E-state index is 13.0. The summed E-state index contributed by atoms with van der Waals surface area (Å²) in [4.78, 5) is 13.1. The Kier molecular flexibility index (Phi) is 4.25. The van der Waals surface area contributed by atoms with E-state index >= 15 is 0 Å². The van der Waals surface area contributed by atoms with Gasteiger partial charge in [0.05, 0.1) is 23.1 Å². The fourth-order valence-electron chi connectivity index (χ4n) is 4.08. The predicted octanol–water partition coefficient (Wildman–Crippen LogP) is 2.76. The van der Waals surface area contributed by atoms with Gasteiger partial charge in [-0.3, -0.25) is 4.79 Å². The van der Waals surface area contributed by atoms with E-state index in [0.29, 0.717) is 13.0 Å². The number of carbonyl (C=O) groups excluding carboxylic acids is 1. The SMILES string of the molecule is COC(=O)C12CCCC1CN(c1ccccc1S(=O)(=O)C(F)(F)F)C2. The van der Waals surface area contributed by atoms with Crippen molar-refractivity contribution < 1.29 is 31.1 Å². The molecule has 1 heterocycles. The first-order chi connectivity index (χ1) is 11.6. The van der Waals surface area contributed by atoms with Crippen molar-refractivity contribution in [2.75, 3.05) is 25.1 Å². The number of halogens is 3. The van der Waals surface area contributed by atoms with Gasteiger partial charge in [0.15, 0.2) is 0 Å². The van der Waals surface area contributed by atoms with Gasteiger partial charge in [-0.1, -0.05) is 18.6 Å². The van der Waals surface area contributed by atoms with Crippen LogP contribution in [0.1, 0.15) is 19.3 Å². The molecule has 1 aliphatic heterocycles. The van der Waals surface area contributed by atoms with Gasteiger partial charge in [0.25, 0.3) is 9.84 Å². The van der Waals surface area contributed by atoms with E-state index in [4.69, 9.17) is 4.74 Å². The molecule has 138 valence electrons. The molecule has 0 N–H and O–H groups in total. The van der Waals surface area contributed by atoms with Crippen LogP contribution in [0.4, 0.5) is 18.9 Å². The summed E-state index contributed by atoms with van der Waals surface area (Å²) in [6.07, 6.45) is 2.20. The highest BCUT2D eigenvalue weighted by Crippen LogP contribution is 2.51. The van der Waals surface area contributed by atoms with E-state index in [1.807, 2.05) is 0 Å². The first-order valence-corrected chi connectivity index (χ1v) is 9.35. The number of methoxy groups -OCH3 is 1. The van der Waals surface area contributed by atoms with Gasteiger partial charge in [0.2, 0.25) is 0 Å². The van der Waals surface area contributed by atoms with Gasteiger partial charge in [0, 0.05) is 13.1 Å². The third kappa shape index (κ3) is 2.68. The van der Waals surface area contributed by atoms with Crippen LogP contribution in [0.3, 0.4) is 0 Å². The summed E-state index contributed by atoms with van der Waals surface area (Å²) in [5, 5.41) is 0. The van der Waals surface area contributed by atoms with Crippen molar-refractivity contribution in [2.24, 2.45) is 11.3 Å². The summed E-state index contributed by atoms with van der Waals surface area (Å²) in [5.74, 6) is -0.435. The molecule has 1 aromatic rings. The van der Waals surface area contributed by atoms with E-state index in [1.165, 1.54) is 25.3 Å². The van der Waals surface area contributed by atoms with Gasteiger partial charge >= 0.3 is 11.5 Å². The van der Waals surface area contributed by atoms with Crippen molar-refractivity contribution in [3.05, 3.63) is 24.3 Å². The second-order valence-electron chi connectivity index (χ2n) is 6.53. The number of alkyl halides is 3. The minimum absolute atomic E-state index is 0.0162. The Hall–Kier alpha value is -1.77. The summed E-state index contributed by atoms with van der Waals surface area (Å²) in [7, 11) is -4.18. The molecule has 2 unspecified atom stereocenters. The lowest BCUT2D eigenvalue weighted by atomic mass is 9.81. The Labute approximate surface area is 143 Å². The lowest BCUT2D eigenvalue weighted by Gasteiger charge is -2.27. The number of carbonyl (C=O) groups is 1. The van der Waals surface area contributed by atoms with E-state index in [-0.39, 0.29) is 24.1 Å². The molecular formula is C16H18F3NO4S. The molecule has 0 spiro atoms. The van der Waals surface area contributed by atoms with Crippen LogP contribution < -0.4 is 4.90 Å². The number of esters is 1. The van der Waals surface area contributed by atoms with Crippen LogP contribution >= 0.6 is 0 Å². The Balaban J connectivity index is 2.02. The van der Waals surface area contributed by atoms with Crippen molar-refractivity contribution >= 4 is 21.5 Å². The number of fused-ring (bicyclic) bond motifs is 1. The molecule has 2 fully saturated rings. The van der Waals surface area contributed by atoms with Crippen LogP contribution in [0.25, 0.3) is 0 Å². The number of hydrogen-bond donors (Lipinski definition) is 0. The second kappa shape index (κ2) is 5.89. The minimum Gasteiger partial charge on any atom is -0.469 e. The van der Waals surface area contributed by atoms with Gasteiger partial charge in [-0.05, 0) is 30.9 Å². The molecule has 0 amide bonds. The quantitative estimate of drug-likeness (QED) is 0.758. The Bertz CT molecular complexity index is 793. The number of anilines is 1. The molecule has 9 heteroatoms. The van der Waals surface area contributed by atoms with Gasteiger partial charge in [-0.2, -0.15) is 13.2 Å². The van der Waals surface area contributed by atoms with Crippen LogP contribution in [0.2, 0.25) is 0 Å². The zero-order valence-corrected chi connectivity index (χ0v) is 14.4. The van der Waals surface area contributed by atoms with Crippen molar-refractivity contribution in [2.45, 2.75) is 29.7 Å². The van der Waals surface area contributed by atoms with Crippen molar-refractivity contribution in [3.8, 4) is 0 Å². The van der Waals surface area contributed by atoms with Crippen LogP contribution in [0, 0.1) is 11.3 Å². The molecule has 1 aliphatic carbocycles. The largest absolute Gasteiger partial charge is 0.501 e. The van der Waals surface area contributed by atoms with Crippen molar-refractivity contribution in [1.29, 1.82) is 0 Å². The summed E-state index contributed by atoms with van der Waals surface area (Å²) in [6.45, 7) is 0.494. The average Bonchev–Trinajstić information content (AvgIpc) is 3.11. The Morgan fingerprint density at radius 2 is 2.00 bits per heavy atom. The van der Waals surface area contributed by atoms with E-state index in [9.17, 15) is 26.4 Å². The molecule has 2 atom stereocenters. The topological polar surface area (TPSA) is 63.7 Å². The van der Waals surface area contributed by atoms with Crippen LogP contribution in [-0.4, -0.2) is 40.1 Å². The molecule has 1 aromatic carbocycles. The number of ether oxygens (including phenoxy) is 1. The van der Waals surface area contributed by atoms with Gasteiger partial charge in [-0.25, -0.2) is 8.42 Å². The molecule has 1 saturated heterocycles. The lowest BCUT2D eigenvalue weighted by Crippen LogP contribution is -2.37. The number of hydrogen-bond acceptors (Lipinski definition) is 5. The average molecular weight is 377 g/mol. The molecular weight excluding hydrogens is 359 g/mol. The number of nitrogens with zero attached hydrogens (tertiary/aromatic N) is 1. The fraction of sp³-hybridized carbons (Fsp3) is 0.562. The number of sulfone groups is 1. The maximum atomic E-state index is 13.0. The second-order valence-corrected chi connectivity index (χ2v) is 8.44. The molecule has 0 aromatic heterocycles. The molecule has 1 saturated carbocycles. The fourth-order valence-corrected chi connectivity index (χ4v) is 5.06. The van der Waals surface area contributed by atoms with Gasteiger partial charge < -0.3 is 9.64 Å². The highest BCUT2D eigenvalue weighted by molar-refractivity contribution is 7.92. The Morgan fingerprint density at radius 1 is 1.32 bits per heavy atom. The van der Waals surface area contributed by atoms with Crippen LogP contribution in [0.5, 0.6) is 0 Å². The van der Waals surface area contributed by atoms with E-state index in [0.717, 1.165) is 18.9 Å². The zero-order chi connectivity index (χ0) is 18.5. The monoisotopic (exact) mass is 377 g/mol. The first kappa shape index (κ1) is 18.0. The van der Waals surface area contributed by atoms with E-state index < -0.39 is 25.7 Å². The van der Waals surface area contributed by atoms with Crippen molar-refractivity contribution in [1.82, 2.24) is 0 Å². The third-order valence-corrected chi connectivity index (χ3v) is 6.80. The number of rotatable bonds is 3. The van der Waals surface area contributed by atoms with Crippen molar-refractivity contribution in [3.63, 3.8) is 0 Å². The molecule has 0 radical (unpaired) electrons. The van der Waals surface area contributed by atoms with Gasteiger partial charge in [0.1, 0.15) is 0 Å². The summed E-state index contributed by atoms with van der Waals surface area (Å²) < 4.78 is 67.7. The minimum atomic E-state index is -5.47. The van der Waals surface area contributed by atoms with Crippen LogP contribution in [-0.2, 0) is 19.4 Å². The number of benzene rings is 1. The number of para-hydroxylation sites is 1. The first-order valence-electron chi connectivity index (χ1n) is 7.87. The molecule has 0 bridgehead atoms. The third-order valence-electron chi connectivity index (χ3n) is 5.26. The Morgan fingerprint density at radius 3 is 2.64 bits per heavy atom. The smallest absolute Gasteiger partial charge is 0.469 e. The molecule has 3 rings (SSSR count). The summed E-state index contributed by atoms with van der Waals surface area (Å²) >= 11 is 0. The van der Waals surface area contributed by atoms with Crippen LogP contribution in [0.15, 0.2) is 29.2 Å². The molecule has 5 nitrogen and oxygen atoms in total. The maximum Gasteiger partial charge on any atom is 0.501 e. The van der Waals surface area contributed by atoms with E-state index in [1.54, 1.807) is 4.90 Å². The summed E-state index contributed by atoms with van der Waals surface area (Å²) in [5.41, 5.74) is -6.17. The molecule has 25 heavy (non-hydrogen) atoms. The highest BCUT2D eigenvalue weighted by atomic mass is 32.2. The van der Waals surface area contributed by atoms with E-state index in [2.05, 4.69) is 0 Å². The zero-order valence-electron chi connectivity index (χ0n) is 13.5. The van der Waals surface area contributed by atoms with Gasteiger partial charge in [-0.15, -0.1) is 0 Å². The standard InChI is InChI=1S/C16H18F3NO4S/c1-24-14(21)15-8-4-5-11(15)9-20(10-15)12-6-2-3-7-13(12)25(22,23)16(17,18)19/h2-3,6-7,11H,4-5,8-10H2,1H3. The normalized spacial score (nSPS) is 26.6. The molecule has 2 aliphatic rings.